The second kappa shape index (κ2) is 8.03. The molecule has 0 fully saturated rings. The summed E-state index contributed by atoms with van der Waals surface area (Å²) in [4.78, 5) is 12.1. The third-order valence-corrected chi connectivity index (χ3v) is 4.05. The maximum absolute atomic E-state index is 13.2. The summed E-state index contributed by atoms with van der Waals surface area (Å²) in [6, 6.07) is 7.14. The molecule has 26 heavy (non-hydrogen) atoms. The van der Waals surface area contributed by atoms with Crippen molar-refractivity contribution in [3.05, 3.63) is 53.1 Å². The molecule has 5 nitrogen and oxygen atoms in total. The minimum absolute atomic E-state index is 0.165. The Bertz CT molecular complexity index is 810. The molecule has 1 amide bonds. The first kappa shape index (κ1) is 18.0. The first-order valence-corrected chi connectivity index (χ1v) is 8.24. The maximum Gasteiger partial charge on any atom is 0.220 e. The number of hydrogen-bond acceptors (Lipinski definition) is 4. The Hall–Kier alpha value is -2.83. The Morgan fingerprint density at radius 1 is 1.12 bits per heavy atom. The van der Waals surface area contributed by atoms with E-state index < -0.39 is 11.6 Å². The molecular formula is C19H19F2NO4. The number of rotatable bonds is 6. The molecule has 0 aliphatic carbocycles. The summed E-state index contributed by atoms with van der Waals surface area (Å²) in [5.74, 6) is -0.195. The lowest BCUT2D eigenvalue weighted by molar-refractivity contribution is -0.121. The van der Waals surface area contributed by atoms with Gasteiger partial charge < -0.3 is 19.5 Å². The van der Waals surface area contributed by atoms with E-state index in [1.54, 1.807) is 19.2 Å². The predicted molar refractivity (Wildman–Crippen MR) is 90.5 cm³/mol. The molecule has 2 aromatic rings. The monoisotopic (exact) mass is 363 g/mol. The van der Waals surface area contributed by atoms with Crippen LogP contribution in [0, 0.1) is 11.6 Å². The van der Waals surface area contributed by atoms with E-state index >= 15 is 0 Å². The van der Waals surface area contributed by atoms with Crippen molar-refractivity contribution in [2.45, 2.75) is 19.4 Å². The van der Waals surface area contributed by atoms with Crippen molar-refractivity contribution in [1.29, 1.82) is 0 Å². The minimum Gasteiger partial charge on any atom is -0.496 e. The maximum atomic E-state index is 13.2. The molecule has 0 saturated heterocycles. The van der Waals surface area contributed by atoms with Crippen molar-refractivity contribution in [3.8, 4) is 17.2 Å². The third-order valence-electron chi connectivity index (χ3n) is 4.05. The van der Waals surface area contributed by atoms with Gasteiger partial charge in [0.05, 0.1) is 7.11 Å². The van der Waals surface area contributed by atoms with Crippen LogP contribution in [0.2, 0.25) is 0 Å². The first-order chi connectivity index (χ1) is 12.6. The van der Waals surface area contributed by atoms with Crippen LogP contribution in [0.5, 0.6) is 17.2 Å². The van der Waals surface area contributed by atoms with E-state index in [1.807, 2.05) is 0 Å². The molecule has 1 aliphatic heterocycles. The Morgan fingerprint density at radius 3 is 2.54 bits per heavy atom. The summed E-state index contributed by atoms with van der Waals surface area (Å²) in [5.41, 5.74) is 1.33. The van der Waals surface area contributed by atoms with Crippen molar-refractivity contribution in [1.82, 2.24) is 5.32 Å². The number of carbonyl (C=O) groups excluding carboxylic acids is 1. The van der Waals surface area contributed by atoms with E-state index in [-0.39, 0.29) is 18.9 Å². The number of carbonyl (C=O) groups is 1. The quantitative estimate of drug-likeness (QED) is 0.857. The van der Waals surface area contributed by atoms with Gasteiger partial charge in [0, 0.05) is 24.6 Å². The molecule has 7 heteroatoms. The summed E-state index contributed by atoms with van der Waals surface area (Å²) in [6.07, 6.45) is 0.485. The largest absolute Gasteiger partial charge is 0.496 e. The molecule has 0 bridgehead atoms. The number of ether oxygens (including phenoxy) is 3. The Labute approximate surface area is 149 Å². The molecular weight excluding hydrogens is 344 g/mol. The molecule has 0 spiro atoms. The zero-order chi connectivity index (χ0) is 18.5. The zero-order valence-electron chi connectivity index (χ0n) is 14.3. The van der Waals surface area contributed by atoms with E-state index in [2.05, 4.69) is 5.32 Å². The fraction of sp³-hybridized carbons (Fsp3) is 0.316. The molecule has 0 aromatic heterocycles. The summed E-state index contributed by atoms with van der Waals surface area (Å²) in [7, 11) is 1.54. The molecule has 0 unspecified atom stereocenters. The van der Waals surface area contributed by atoms with Gasteiger partial charge in [-0.1, -0.05) is 6.07 Å². The lowest BCUT2D eigenvalue weighted by Gasteiger charge is -2.20. The van der Waals surface area contributed by atoms with Gasteiger partial charge in [-0.3, -0.25) is 4.79 Å². The molecule has 0 radical (unpaired) electrons. The van der Waals surface area contributed by atoms with Crippen LogP contribution in [-0.4, -0.2) is 26.2 Å². The van der Waals surface area contributed by atoms with E-state index in [9.17, 15) is 13.6 Å². The second-order valence-corrected chi connectivity index (χ2v) is 5.83. The standard InChI is InChI=1S/C19H19F2NO4/c1-24-16-10-18-17(25-6-7-26-18)9-13(16)11-22-19(23)5-3-12-2-4-14(20)15(21)8-12/h2,4,8-10H,3,5-7,11H2,1H3,(H,22,23). The Morgan fingerprint density at radius 2 is 1.85 bits per heavy atom. The third kappa shape index (κ3) is 4.22. The lowest BCUT2D eigenvalue weighted by Crippen LogP contribution is -2.23. The van der Waals surface area contributed by atoms with E-state index in [0.717, 1.165) is 17.7 Å². The molecule has 1 heterocycles. The first-order valence-electron chi connectivity index (χ1n) is 8.24. The van der Waals surface area contributed by atoms with Gasteiger partial charge in [0.25, 0.3) is 0 Å². The fourth-order valence-corrected chi connectivity index (χ4v) is 2.68. The highest BCUT2D eigenvalue weighted by Crippen LogP contribution is 2.36. The average Bonchev–Trinajstić information content (AvgIpc) is 2.66. The van der Waals surface area contributed by atoms with Crippen molar-refractivity contribution in [2.75, 3.05) is 20.3 Å². The van der Waals surface area contributed by atoms with Crippen LogP contribution in [0.1, 0.15) is 17.5 Å². The number of methoxy groups -OCH3 is 1. The van der Waals surface area contributed by atoms with Gasteiger partial charge in [-0.25, -0.2) is 8.78 Å². The summed E-state index contributed by atoms with van der Waals surface area (Å²) >= 11 is 0. The van der Waals surface area contributed by atoms with Gasteiger partial charge in [0.15, 0.2) is 23.1 Å². The van der Waals surface area contributed by atoms with Crippen LogP contribution in [0.3, 0.4) is 0 Å². The van der Waals surface area contributed by atoms with Gasteiger partial charge in [0.1, 0.15) is 19.0 Å². The molecule has 1 N–H and O–H groups in total. The number of benzene rings is 2. The molecule has 2 aromatic carbocycles. The van der Waals surface area contributed by atoms with Gasteiger partial charge in [0.2, 0.25) is 5.91 Å². The molecule has 0 saturated carbocycles. The van der Waals surface area contributed by atoms with Crippen LogP contribution >= 0.6 is 0 Å². The average molecular weight is 363 g/mol. The number of fused-ring (bicyclic) bond motifs is 1. The van der Waals surface area contributed by atoms with Gasteiger partial charge in [-0.05, 0) is 30.2 Å². The van der Waals surface area contributed by atoms with Crippen LogP contribution in [0.25, 0.3) is 0 Å². The van der Waals surface area contributed by atoms with Crippen LogP contribution in [0.4, 0.5) is 8.78 Å². The highest BCUT2D eigenvalue weighted by molar-refractivity contribution is 5.76. The normalized spacial score (nSPS) is 12.6. The van der Waals surface area contributed by atoms with E-state index in [1.165, 1.54) is 6.07 Å². The summed E-state index contributed by atoms with van der Waals surface area (Å²) in [6.45, 7) is 1.21. The highest BCUT2D eigenvalue weighted by Gasteiger charge is 2.17. The SMILES string of the molecule is COc1cc2c(cc1CNC(=O)CCc1ccc(F)c(F)c1)OCCO2. The Kier molecular flexibility index (Phi) is 5.55. The number of halogens is 2. The fourth-order valence-electron chi connectivity index (χ4n) is 2.68. The topological polar surface area (TPSA) is 56.8 Å². The summed E-state index contributed by atoms with van der Waals surface area (Å²) in [5, 5.41) is 2.79. The second-order valence-electron chi connectivity index (χ2n) is 5.83. The highest BCUT2D eigenvalue weighted by atomic mass is 19.2. The van der Waals surface area contributed by atoms with E-state index in [4.69, 9.17) is 14.2 Å². The van der Waals surface area contributed by atoms with Crippen LogP contribution in [-0.2, 0) is 17.8 Å². The number of hydrogen-bond donors (Lipinski definition) is 1. The lowest BCUT2D eigenvalue weighted by atomic mass is 10.1. The van der Waals surface area contributed by atoms with Crippen molar-refractivity contribution in [2.24, 2.45) is 0 Å². The van der Waals surface area contributed by atoms with Gasteiger partial charge >= 0.3 is 0 Å². The van der Waals surface area contributed by atoms with Crippen LogP contribution in [0.15, 0.2) is 30.3 Å². The smallest absolute Gasteiger partial charge is 0.220 e. The van der Waals surface area contributed by atoms with Gasteiger partial charge in [-0.15, -0.1) is 0 Å². The number of amides is 1. The summed E-state index contributed by atoms with van der Waals surface area (Å²) < 4.78 is 42.5. The molecule has 1 aliphatic rings. The molecule has 3 rings (SSSR count). The number of nitrogens with one attached hydrogen (secondary N) is 1. The van der Waals surface area contributed by atoms with Crippen LogP contribution < -0.4 is 19.5 Å². The van der Waals surface area contributed by atoms with Crippen molar-refractivity contribution < 1.29 is 27.8 Å². The molecule has 138 valence electrons. The van der Waals surface area contributed by atoms with Gasteiger partial charge in [-0.2, -0.15) is 0 Å². The Balaban J connectivity index is 1.57. The van der Waals surface area contributed by atoms with Crippen molar-refractivity contribution >= 4 is 5.91 Å². The predicted octanol–water partition coefficient (Wildman–Crippen LogP) is 2.99. The minimum atomic E-state index is -0.913. The van der Waals surface area contributed by atoms with Crippen molar-refractivity contribution in [3.63, 3.8) is 0 Å². The molecule has 0 atom stereocenters. The van der Waals surface area contributed by atoms with E-state index in [0.29, 0.717) is 42.4 Å². The number of aryl methyl sites for hydroxylation is 1. The zero-order valence-corrected chi connectivity index (χ0v) is 14.3.